The zero-order chi connectivity index (χ0) is 10.8. The van der Waals surface area contributed by atoms with E-state index in [2.05, 4.69) is 9.97 Å². The quantitative estimate of drug-likeness (QED) is 0.631. The van der Waals surface area contributed by atoms with Gasteiger partial charge in [-0.1, -0.05) is 0 Å². The molecule has 1 aromatic heterocycles. The number of hydrogen-bond acceptors (Lipinski definition) is 3. The zero-order valence-electron chi connectivity index (χ0n) is 8.34. The van der Waals surface area contributed by atoms with Crippen LogP contribution in [0.3, 0.4) is 0 Å². The summed E-state index contributed by atoms with van der Waals surface area (Å²) in [6.07, 6.45) is 2.30. The second kappa shape index (κ2) is 3.30. The summed E-state index contributed by atoms with van der Waals surface area (Å²) in [5, 5.41) is 1.79. The van der Waals surface area contributed by atoms with Gasteiger partial charge in [-0.05, 0) is 11.6 Å². The van der Waals surface area contributed by atoms with Crippen molar-refractivity contribution in [2.24, 2.45) is 0 Å². The van der Waals surface area contributed by atoms with Crippen LogP contribution in [0.15, 0.2) is 12.4 Å². The fraction of sp³-hybridized carbons (Fsp3) is 0.167. The van der Waals surface area contributed by atoms with Crippen molar-refractivity contribution in [3.05, 3.63) is 23.2 Å². The lowest BCUT2D eigenvalue weighted by Crippen LogP contribution is -2.18. The monoisotopic (exact) mass is 174 g/mol. The number of aromatic nitrogens is 2. The molecule has 11 heavy (non-hydrogen) atoms. The predicted molar refractivity (Wildman–Crippen MR) is 40.4 cm³/mol. The molecule has 0 saturated heterocycles. The summed E-state index contributed by atoms with van der Waals surface area (Å²) < 4.78 is 20.4. The molecule has 4 nitrogen and oxygen atoms in total. The summed E-state index contributed by atoms with van der Waals surface area (Å²) in [6, 6.07) is 0. The molecule has 58 valence electrons. The third-order valence-electron chi connectivity index (χ3n) is 0.996. The second-order valence-electron chi connectivity index (χ2n) is 1.69. The van der Waals surface area contributed by atoms with E-state index in [1.165, 1.54) is 0 Å². The van der Waals surface area contributed by atoms with Crippen molar-refractivity contribution in [1.82, 2.24) is 15.3 Å². The van der Waals surface area contributed by atoms with Crippen LogP contribution in [0.4, 0.5) is 0 Å². The van der Waals surface area contributed by atoms with Crippen LogP contribution in [0.5, 0.6) is 0 Å². The smallest absolute Gasteiger partial charge is 0.254 e. The number of hydrogen-bond donors (Lipinski definition) is 1. The maximum Gasteiger partial charge on any atom is 0.254 e. The van der Waals surface area contributed by atoms with Gasteiger partial charge in [0.05, 0.1) is 5.56 Å². The van der Waals surface area contributed by atoms with E-state index in [0.29, 0.717) is 0 Å². The van der Waals surface area contributed by atoms with Crippen LogP contribution in [0.2, 0.25) is 5.28 Å². The Kier molecular flexibility index (Phi) is 1.40. The van der Waals surface area contributed by atoms with Crippen LogP contribution >= 0.6 is 11.6 Å². The highest BCUT2D eigenvalue weighted by molar-refractivity contribution is 6.28. The van der Waals surface area contributed by atoms with Gasteiger partial charge in [0.1, 0.15) is 0 Å². The van der Waals surface area contributed by atoms with Gasteiger partial charge in [-0.25, -0.2) is 9.97 Å². The Morgan fingerprint density at radius 2 is 2.36 bits per heavy atom. The maximum absolute atomic E-state index is 11.2. The Morgan fingerprint density at radius 1 is 1.73 bits per heavy atom. The fourth-order valence-electron chi connectivity index (χ4n) is 0.502. The highest BCUT2D eigenvalue weighted by Crippen LogP contribution is 1.99. The van der Waals surface area contributed by atoms with Gasteiger partial charge in [0.15, 0.2) is 0 Å². The average molecular weight is 175 g/mol. The zero-order valence-corrected chi connectivity index (χ0v) is 6.09. The Balaban J connectivity index is 2.76. The molecule has 0 saturated carbocycles. The normalized spacial score (nSPS) is 14.5. The van der Waals surface area contributed by atoms with Gasteiger partial charge in [-0.15, -0.1) is 0 Å². The largest absolute Gasteiger partial charge is 0.355 e. The number of halogens is 1. The third-order valence-corrected chi connectivity index (χ3v) is 1.19. The van der Waals surface area contributed by atoms with E-state index in [1.54, 1.807) is 5.32 Å². The van der Waals surface area contributed by atoms with Crippen LogP contribution in [0.25, 0.3) is 0 Å². The molecule has 0 bridgehead atoms. The molecule has 1 rings (SSSR count). The fourth-order valence-corrected chi connectivity index (χ4v) is 0.599. The number of rotatable bonds is 1. The minimum atomic E-state index is -2.52. The second-order valence-corrected chi connectivity index (χ2v) is 2.03. The molecule has 0 radical (unpaired) electrons. The SMILES string of the molecule is [2H]C([2H])([2H])NC(=O)c1cnc(Cl)nc1. The van der Waals surface area contributed by atoms with Crippen LogP contribution in [-0.2, 0) is 0 Å². The topological polar surface area (TPSA) is 54.9 Å². The van der Waals surface area contributed by atoms with Gasteiger partial charge in [0.25, 0.3) is 5.91 Å². The molecule has 1 N–H and O–H groups in total. The van der Waals surface area contributed by atoms with Gasteiger partial charge in [0.2, 0.25) is 5.28 Å². The average Bonchev–Trinajstić information content (AvgIpc) is 2.02. The van der Waals surface area contributed by atoms with Crippen molar-refractivity contribution in [2.45, 2.75) is 0 Å². The molecule has 5 heteroatoms. The van der Waals surface area contributed by atoms with Crippen molar-refractivity contribution in [2.75, 3.05) is 6.98 Å². The standard InChI is InChI=1S/C6H6ClN3O/c1-8-5(11)4-2-9-6(7)10-3-4/h2-3H,1H3,(H,8,11)/i1D3. The molecule has 0 fully saturated rings. The Morgan fingerprint density at radius 3 is 2.91 bits per heavy atom. The number of carbonyl (C=O) groups excluding carboxylic acids is 1. The van der Waals surface area contributed by atoms with Crippen LogP contribution in [0, 0.1) is 0 Å². The predicted octanol–water partition coefficient (Wildman–Crippen LogP) is 0.490. The van der Waals surface area contributed by atoms with Gasteiger partial charge in [-0.3, -0.25) is 4.79 Å². The van der Waals surface area contributed by atoms with E-state index in [-0.39, 0.29) is 10.8 Å². The molecule has 0 spiro atoms. The Bertz CT molecular complexity index is 337. The van der Waals surface area contributed by atoms with Crippen molar-refractivity contribution >= 4 is 17.5 Å². The summed E-state index contributed by atoms with van der Waals surface area (Å²) >= 11 is 5.38. The molecule has 0 aliphatic rings. The van der Waals surface area contributed by atoms with Crippen molar-refractivity contribution < 1.29 is 8.91 Å². The van der Waals surface area contributed by atoms with Gasteiger partial charge < -0.3 is 5.32 Å². The first-order valence-corrected chi connectivity index (χ1v) is 3.06. The van der Waals surface area contributed by atoms with Crippen molar-refractivity contribution in [1.29, 1.82) is 0 Å². The third kappa shape index (κ3) is 1.88. The first kappa shape index (κ1) is 4.66. The summed E-state index contributed by atoms with van der Waals surface area (Å²) in [6.45, 7) is -2.52. The molecule has 0 aromatic carbocycles. The molecule has 1 amide bonds. The Labute approximate surface area is 72.8 Å². The molecule has 0 aliphatic carbocycles. The molecule has 0 aliphatic heterocycles. The lowest BCUT2D eigenvalue weighted by atomic mass is 10.3. The lowest BCUT2D eigenvalue weighted by molar-refractivity contribution is 0.0962. The molecule has 0 atom stereocenters. The highest BCUT2D eigenvalue weighted by Gasteiger charge is 2.02. The number of carbonyl (C=O) groups is 1. The minimum absolute atomic E-state index is 0.00423. The summed E-state index contributed by atoms with van der Waals surface area (Å²) in [4.78, 5) is 18.3. The van der Waals surface area contributed by atoms with Gasteiger partial charge >= 0.3 is 0 Å². The molecule has 1 heterocycles. The first-order valence-electron chi connectivity index (χ1n) is 4.18. The first-order chi connectivity index (χ1) is 6.38. The van der Waals surface area contributed by atoms with E-state index >= 15 is 0 Å². The van der Waals surface area contributed by atoms with E-state index in [9.17, 15) is 4.79 Å². The molecular formula is C6H6ClN3O. The minimum Gasteiger partial charge on any atom is -0.355 e. The number of nitrogens with one attached hydrogen (secondary N) is 1. The highest BCUT2D eigenvalue weighted by atomic mass is 35.5. The van der Waals surface area contributed by atoms with Crippen molar-refractivity contribution in [3.8, 4) is 0 Å². The summed E-state index contributed by atoms with van der Waals surface area (Å²) in [7, 11) is 0. The van der Waals surface area contributed by atoms with E-state index in [4.69, 9.17) is 15.7 Å². The van der Waals surface area contributed by atoms with Crippen molar-refractivity contribution in [3.63, 3.8) is 0 Å². The molecular weight excluding hydrogens is 166 g/mol. The lowest BCUT2D eigenvalue weighted by Gasteiger charge is -1.96. The van der Waals surface area contributed by atoms with E-state index in [1.807, 2.05) is 0 Å². The maximum atomic E-state index is 11.2. The van der Waals surface area contributed by atoms with Crippen LogP contribution in [-0.4, -0.2) is 22.9 Å². The van der Waals surface area contributed by atoms with E-state index in [0.717, 1.165) is 12.4 Å². The number of amides is 1. The van der Waals surface area contributed by atoms with E-state index < -0.39 is 12.9 Å². The summed E-state index contributed by atoms with van der Waals surface area (Å²) in [5.41, 5.74) is 0.0468. The van der Waals surface area contributed by atoms with Crippen LogP contribution in [0.1, 0.15) is 14.5 Å². The molecule has 0 unspecified atom stereocenters. The molecule has 1 aromatic rings. The van der Waals surface area contributed by atoms with Gasteiger partial charge in [0, 0.05) is 23.5 Å². The van der Waals surface area contributed by atoms with Gasteiger partial charge in [-0.2, -0.15) is 0 Å². The Hall–Kier alpha value is -1.16. The number of nitrogens with zero attached hydrogens (tertiary/aromatic N) is 2. The van der Waals surface area contributed by atoms with Crippen LogP contribution < -0.4 is 5.32 Å². The summed E-state index contributed by atoms with van der Waals surface area (Å²) in [5.74, 6) is -0.762.